The summed E-state index contributed by atoms with van der Waals surface area (Å²) in [6.45, 7) is 0.679. The first-order chi connectivity index (χ1) is 9.72. The van der Waals surface area contributed by atoms with Crippen LogP contribution in [-0.4, -0.2) is 22.0 Å². The number of carbonyl (C=O) groups excluding carboxylic acids is 1. The van der Waals surface area contributed by atoms with Crippen LogP contribution in [0.5, 0.6) is 0 Å². The first-order valence-corrected chi connectivity index (χ1v) is 7.25. The van der Waals surface area contributed by atoms with Gasteiger partial charge in [0.1, 0.15) is 0 Å². The van der Waals surface area contributed by atoms with Gasteiger partial charge in [0.2, 0.25) is 0 Å². The Morgan fingerprint density at radius 1 is 1.35 bits per heavy atom. The van der Waals surface area contributed by atoms with Gasteiger partial charge in [-0.25, -0.2) is 4.98 Å². The van der Waals surface area contributed by atoms with E-state index in [-0.39, 0.29) is 5.91 Å². The molecule has 0 saturated heterocycles. The minimum Gasteiger partial charge on any atom is -0.352 e. The lowest BCUT2D eigenvalue weighted by atomic mass is 9.99. The number of amides is 1. The lowest BCUT2D eigenvalue weighted by molar-refractivity contribution is 0.0946. The fourth-order valence-electron chi connectivity index (χ4n) is 2.68. The van der Waals surface area contributed by atoms with Gasteiger partial charge in [0.05, 0.1) is 22.7 Å². The average Bonchev–Trinajstić information content (AvgIpc) is 3.17. The van der Waals surface area contributed by atoms with Gasteiger partial charge in [0.15, 0.2) is 0 Å². The molecule has 5 heteroatoms. The Labute approximate surface area is 121 Å². The third-order valence-corrected chi connectivity index (χ3v) is 4.28. The fraction of sp³-hybridized carbons (Fsp3) is 0.333. The summed E-state index contributed by atoms with van der Waals surface area (Å²) in [5.41, 5.74) is 3.67. The van der Waals surface area contributed by atoms with Crippen molar-refractivity contribution in [3.05, 3.63) is 46.5 Å². The molecule has 20 heavy (non-hydrogen) atoms. The molecule has 1 amide bonds. The van der Waals surface area contributed by atoms with Gasteiger partial charge in [0.25, 0.3) is 5.91 Å². The second-order valence-electron chi connectivity index (χ2n) is 5.45. The highest BCUT2D eigenvalue weighted by Crippen LogP contribution is 2.39. The maximum Gasteiger partial charge on any atom is 0.251 e. The van der Waals surface area contributed by atoms with E-state index in [0.717, 1.165) is 28.9 Å². The highest BCUT2D eigenvalue weighted by molar-refractivity contribution is 6.32. The summed E-state index contributed by atoms with van der Waals surface area (Å²) in [5.74, 6) is 0.586. The summed E-state index contributed by atoms with van der Waals surface area (Å²) in [6, 6.07) is 3.77. The van der Waals surface area contributed by atoms with E-state index >= 15 is 0 Å². The number of fused-ring (bicyclic) bond motifs is 1. The van der Waals surface area contributed by atoms with Crippen molar-refractivity contribution >= 4 is 17.5 Å². The number of aromatic nitrogens is 2. The molecule has 1 aromatic carbocycles. The van der Waals surface area contributed by atoms with Crippen molar-refractivity contribution in [1.82, 2.24) is 14.9 Å². The molecular weight excluding hydrogens is 274 g/mol. The number of nitrogens with one attached hydrogen (secondary N) is 1. The minimum absolute atomic E-state index is 0.0216. The monoisotopic (exact) mass is 287 g/mol. The van der Waals surface area contributed by atoms with Crippen LogP contribution >= 0.6 is 11.6 Å². The topological polar surface area (TPSA) is 46.9 Å². The number of halogens is 1. The first kappa shape index (κ1) is 12.0. The van der Waals surface area contributed by atoms with Crippen molar-refractivity contribution in [3.8, 4) is 5.69 Å². The van der Waals surface area contributed by atoms with Gasteiger partial charge < -0.3 is 9.88 Å². The van der Waals surface area contributed by atoms with Crippen molar-refractivity contribution in [1.29, 1.82) is 0 Å². The van der Waals surface area contributed by atoms with Crippen LogP contribution < -0.4 is 5.32 Å². The Bertz CT molecular complexity index is 703. The van der Waals surface area contributed by atoms with Crippen LogP contribution in [-0.2, 0) is 6.42 Å². The Kier molecular flexibility index (Phi) is 2.60. The quantitative estimate of drug-likeness (QED) is 0.923. The molecule has 1 aliphatic heterocycles. The molecule has 1 fully saturated rings. The molecule has 1 N–H and O–H groups in total. The number of hydrogen-bond donors (Lipinski definition) is 1. The normalized spacial score (nSPS) is 17.8. The molecule has 102 valence electrons. The molecular formula is C15H14ClN3O. The van der Waals surface area contributed by atoms with Crippen molar-refractivity contribution in [2.75, 3.05) is 6.54 Å². The van der Waals surface area contributed by atoms with E-state index in [1.54, 1.807) is 6.33 Å². The van der Waals surface area contributed by atoms with Crippen LogP contribution in [0.4, 0.5) is 0 Å². The molecule has 1 aromatic heterocycles. The highest BCUT2D eigenvalue weighted by atomic mass is 35.5. The second kappa shape index (κ2) is 4.35. The third-order valence-electron chi connectivity index (χ3n) is 3.97. The van der Waals surface area contributed by atoms with Crippen LogP contribution in [0.3, 0.4) is 0 Å². The van der Waals surface area contributed by atoms with Crippen molar-refractivity contribution < 1.29 is 4.79 Å². The van der Waals surface area contributed by atoms with E-state index in [1.807, 2.05) is 22.9 Å². The van der Waals surface area contributed by atoms with Crippen LogP contribution in [0, 0.1) is 0 Å². The fourth-order valence-corrected chi connectivity index (χ4v) is 2.97. The first-order valence-electron chi connectivity index (χ1n) is 6.87. The molecule has 4 rings (SSSR count). The maximum absolute atomic E-state index is 11.9. The average molecular weight is 288 g/mol. The van der Waals surface area contributed by atoms with Gasteiger partial charge in [-0.3, -0.25) is 4.79 Å². The van der Waals surface area contributed by atoms with Gasteiger partial charge in [-0.1, -0.05) is 11.6 Å². The van der Waals surface area contributed by atoms with Crippen LogP contribution in [0.25, 0.3) is 5.69 Å². The van der Waals surface area contributed by atoms with E-state index in [0.29, 0.717) is 17.5 Å². The molecule has 2 aliphatic rings. The summed E-state index contributed by atoms with van der Waals surface area (Å²) in [4.78, 5) is 16.4. The smallest absolute Gasteiger partial charge is 0.251 e. The standard InChI is InChI=1S/C15H14ClN3O/c16-12-5-10-3-4-17-15(20)11(10)6-14(12)19-7-13(18-8-19)9-1-2-9/h5-9H,1-4H2,(H,17,20). The van der Waals surface area contributed by atoms with Gasteiger partial charge in [-0.2, -0.15) is 0 Å². The number of rotatable bonds is 2. The predicted octanol–water partition coefficient (Wildman–Crippen LogP) is 2.69. The number of hydrogen-bond acceptors (Lipinski definition) is 2. The number of carbonyl (C=O) groups is 1. The SMILES string of the molecule is O=C1NCCc2cc(Cl)c(-n3cnc(C4CC4)c3)cc21. The van der Waals surface area contributed by atoms with Crippen molar-refractivity contribution in [3.63, 3.8) is 0 Å². The molecule has 1 saturated carbocycles. The molecule has 2 aromatic rings. The van der Waals surface area contributed by atoms with Crippen molar-refractivity contribution in [2.24, 2.45) is 0 Å². The third kappa shape index (κ3) is 1.91. The number of benzene rings is 1. The molecule has 1 aliphatic carbocycles. The summed E-state index contributed by atoms with van der Waals surface area (Å²) >= 11 is 6.37. The van der Waals surface area contributed by atoms with Crippen LogP contribution in [0.1, 0.15) is 40.4 Å². The van der Waals surface area contributed by atoms with Gasteiger partial charge in [0, 0.05) is 24.2 Å². The zero-order valence-corrected chi connectivity index (χ0v) is 11.7. The van der Waals surface area contributed by atoms with Gasteiger partial charge in [-0.05, 0) is 37.0 Å². The maximum atomic E-state index is 11.9. The van der Waals surface area contributed by atoms with E-state index in [9.17, 15) is 4.79 Å². The summed E-state index contributed by atoms with van der Waals surface area (Å²) in [6.07, 6.45) is 7.07. The molecule has 0 unspecified atom stereocenters. The Morgan fingerprint density at radius 3 is 3.00 bits per heavy atom. The molecule has 0 radical (unpaired) electrons. The van der Waals surface area contributed by atoms with Crippen LogP contribution in [0.2, 0.25) is 5.02 Å². The summed E-state index contributed by atoms with van der Waals surface area (Å²) in [5, 5.41) is 3.53. The van der Waals surface area contributed by atoms with Gasteiger partial charge in [-0.15, -0.1) is 0 Å². The predicted molar refractivity (Wildman–Crippen MR) is 76.6 cm³/mol. The number of nitrogens with zero attached hydrogens (tertiary/aromatic N) is 2. The Morgan fingerprint density at radius 2 is 2.20 bits per heavy atom. The van der Waals surface area contributed by atoms with E-state index in [4.69, 9.17) is 11.6 Å². The van der Waals surface area contributed by atoms with E-state index in [1.165, 1.54) is 12.8 Å². The lowest BCUT2D eigenvalue weighted by Crippen LogP contribution is -2.31. The Balaban J connectivity index is 1.80. The zero-order chi connectivity index (χ0) is 13.7. The second-order valence-corrected chi connectivity index (χ2v) is 5.85. The zero-order valence-electron chi connectivity index (χ0n) is 10.9. The van der Waals surface area contributed by atoms with E-state index in [2.05, 4.69) is 10.3 Å². The van der Waals surface area contributed by atoms with Crippen LogP contribution in [0.15, 0.2) is 24.7 Å². The summed E-state index contributed by atoms with van der Waals surface area (Å²) < 4.78 is 1.91. The minimum atomic E-state index is -0.0216. The molecule has 2 heterocycles. The molecule has 0 atom stereocenters. The molecule has 4 nitrogen and oxygen atoms in total. The van der Waals surface area contributed by atoms with E-state index < -0.39 is 0 Å². The summed E-state index contributed by atoms with van der Waals surface area (Å²) in [7, 11) is 0. The van der Waals surface area contributed by atoms with Gasteiger partial charge >= 0.3 is 0 Å². The molecule has 0 bridgehead atoms. The highest BCUT2D eigenvalue weighted by Gasteiger charge is 2.26. The Hall–Kier alpha value is -1.81. The van der Waals surface area contributed by atoms with Crippen molar-refractivity contribution in [2.45, 2.75) is 25.2 Å². The lowest BCUT2D eigenvalue weighted by Gasteiger charge is -2.18. The largest absolute Gasteiger partial charge is 0.352 e. The number of imidazole rings is 1. The molecule has 0 spiro atoms.